The van der Waals surface area contributed by atoms with Crippen LogP contribution in [0.1, 0.15) is 27.2 Å². The van der Waals surface area contributed by atoms with E-state index in [1.54, 1.807) is 7.11 Å². The van der Waals surface area contributed by atoms with Gasteiger partial charge in [-0.05, 0) is 49.2 Å². The number of nitrogens with one attached hydrogen (secondary N) is 1. The number of ether oxygens (including phenoxy) is 1. The van der Waals surface area contributed by atoms with Crippen LogP contribution in [0.4, 0.5) is 0 Å². The van der Waals surface area contributed by atoms with Gasteiger partial charge in [0.2, 0.25) is 0 Å². The second kappa shape index (κ2) is 6.28. The van der Waals surface area contributed by atoms with Crippen LogP contribution in [0.2, 0.25) is 0 Å². The Labute approximate surface area is 147 Å². The normalized spacial score (nSPS) is 14.2. The molecule has 1 aromatic heterocycles. The minimum atomic E-state index is 0.0736. The van der Waals surface area contributed by atoms with Gasteiger partial charge in [-0.2, -0.15) is 0 Å². The zero-order chi connectivity index (χ0) is 17.4. The van der Waals surface area contributed by atoms with Crippen LogP contribution < -0.4 is 4.74 Å². The lowest BCUT2D eigenvalue weighted by Gasteiger charge is -2.20. The quantitative estimate of drug-likeness (QED) is 0.776. The molecule has 1 aliphatic rings. The van der Waals surface area contributed by atoms with Crippen molar-refractivity contribution in [3.05, 3.63) is 64.8 Å². The Kier molecular flexibility index (Phi) is 3.96. The van der Waals surface area contributed by atoms with E-state index >= 15 is 0 Å². The maximum absolute atomic E-state index is 12.9. The van der Waals surface area contributed by atoms with Crippen LogP contribution >= 0.6 is 0 Å². The van der Waals surface area contributed by atoms with Crippen molar-refractivity contribution in [1.29, 1.82) is 0 Å². The molecular weight excluding hydrogens is 312 g/mol. The van der Waals surface area contributed by atoms with Gasteiger partial charge in [0, 0.05) is 41.7 Å². The van der Waals surface area contributed by atoms with Crippen molar-refractivity contribution in [3.63, 3.8) is 0 Å². The van der Waals surface area contributed by atoms with Crippen LogP contribution in [0.25, 0.3) is 10.9 Å². The van der Waals surface area contributed by atoms with Crippen molar-refractivity contribution in [2.45, 2.75) is 19.8 Å². The third kappa shape index (κ3) is 2.88. The van der Waals surface area contributed by atoms with Crippen LogP contribution in [0.5, 0.6) is 5.75 Å². The van der Waals surface area contributed by atoms with Gasteiger partial charge in [-0.1, -0.05) is 17.7 Å². The molecule has 0 unspecified atom stereocenters. The van der Waals surface area contributed by atoms with Crippen molar-refractivity contribution >= 4 is 16.8 Å². The molecule has 128 valence electrons. The molecule has 4 heteroatoms. The van der Waals surface area contributed by atoms with E-state index in [2.05, 4.69) is 30.1 Å². The molecule has 4 nitrogen and oxygen atoms in total. The summed E-state index contributed by atoms with van der Waals surface area (Å²) in [6.07, 6.45) is 1.74. The Morgan fingerprint density at radius 1 is 1.12 bits per heavy atom. The standard InChI is InChI=1S/C21H22N2O2/c1-14-6-7-19-18(12-14)17-8-10-23(11-9-20(17)22-19)21(24)15-4-3-5-16(13-15)25-2/h3-7,12-13,22H,8-11H2,1-2H3. The first-order valence-electron chi connectivity index (χ1n) is 8.69. The van der Waals surface area contributed by atoms with Gasteiger partial charge in [0.25, 0.3) is 5.91 Å². The SMILES string of the molecule is COc1cccc(C(=O)N2CCc3[nH]c4ccc(C)cc4c3CC2)c1. The number of carbonyl (C=O) groups is 1. The summed E-state index contributed by atoms with van der Waals surface area (Å²) < 4.78 is 5.24. The number of hydrogen-bond donors (Lipinski definition) is 1. The second-order valence-corrected chi connectivity index (χ2v) is 6.66. The molecule has 25 heavy (non-hydrogen) atoms. The molecule has 0 saturated heterocycles. The number of aromatic amines is 1. The smallest absolute Gasteiger partial charge is 0.254 e. The molecular formula is C21H22N2O2. The summed E-state index contributed by atoms with van der Waals surface area (Å²) in [7, 11) is 1.62. The summed E-state index contributed by atoms with van der Waals surface area (Å²) in [5.41, 5.74) is 5.78. The summed E-state index contributed by atoms with van der Waals surface area (Å²) in [5, 5.41) is 1.30. The maximum Gasteiger partial charge on any atom is 0.254 e. The Hall–Kier alpha value is -2.75. The maximum atomic E-state index is 12.9. The Morgan fingerprint density at radius 2 is 1.96 bits per heavy atom. The van der Waals surface area contributed by atoms with E-state index in [4.69, 9.17) is 4.74 Å². The average molecular weight is 334 g/mol. The van der Waals surface area contributed by atoms with Crippen molar-refractivity contribution in [1.82, 2.24) is 9.88 Å². The number of aromatic nitrogens is 1. The molecule has 0 aliphatic carbocycles. The predicted molar refractivity (Wildman–Crippen MR) is 99.3 cm³/mol. The number of rotatable bonds is 2. The van der Waals surface area contributed by atoms with Crippen LogP contribution in [-0.2, 0) is 12.8 Å². The monoisotopic (exact) mass is 334 g/mol. The molecule has 3 aromatic rings. The van der Waals surface area contributed by atoms with Gasteiger partial charge >= 0.3 is 0 Å². The van der Waals surface area contributed by atoms with Crippen molar-refractivity contribution in [2.24, 2.45) is 0 Å². The lowest BCUT2D eigenvalue weighted by Crippen LogP contribution is -2.33. The van der Waals surface area contributed by atoms with Gasteiger partial charge in [0.15, 0.2) is 0 Å². The number of aryl methyl sites for hydroxylation is 1. The van der Waals surface area contributed by atoms with Gasteiger partial charge in [-0.3, -0.25) is 4.79 Å². The first-order valence-corrected chi connectivity index (χ1v) is 8.69. The largest absolute Gasteiger partial charge is 0.497 e. The molecule has 2 heterocycles. The summed E-state index contributed by atoms with van der Waals surface area (Å²) in [5.74, 6) is 0.789. The number of hydrogen-bond acceptors (Lipinski definition) is 2. The van der Waals surface area contributed by atoms with Crippen molar-refractivity contribution in [3.8, 4) is 5.75 Å². The first kappa shape index (κ1) is 15.8. The number of benzene rings is 2. The third-order valence-electron chi connectivity index (χ3n) is 5.02. The molecule has 1 N–H and O–H groups in total. The minimum absolute atomic E-state index is 0.0736. The lowest BCUT2D eigenvalue weighted by atomic mass is 10.1. The van der Waals surface area contributed by atoms with E-state index in [0.717, 1.165) is 25.9 Å². The molecule has 4 rings (SSSR count). The summed E-state index contributed by atoms with van der Waals surface area (Å²) in [4.78, 5) is 18.4. The van der Waals surface area contributed by atoms with E-state index in [1.807, 2.05) is 29.2 Å². The second-order valence-electron chi connectivity index (χ2n) is 6.66. The van der Waals surface area contributed by atoms with Gasteiger partial charge in [0.1, 0.15) is 5.75 Å². The molecule has 0 fully saturated rings. The molecule has 0 atom stereocenters. The summed E-state index contributed by atoms with van der Waals surface area (Å²) in [6.45, 7) is 3.59. The molecule has 0 saturated carbocycles. The lowest BCUT2D eigenvalue weighted by molar-refractivity contribution is 0.0762. The van der Waals surface area contributed by atoms with E-state index in [1.165, 1.54) is 27.7 Å². The Morgan fingerprint density at radius 3 is 2.80 bits per heavy atom. The highest BCUT2D eigenvalue weighted by molar-refractivity contribution is 5.95. The highest BCUT2D eigenvalue weighted by Gasteiger charge is 2.22. The number of methoxy groups -OCH3 is 1. The average Bonchev–Trinajstić information content (AvgIpc) is 2.84. The van der Waals surface area contributed by atoms with Gasteiger partial charge in [0.05, 0.1) is 7.11 Å². The van der Waals surface area contributed by atoms with Crippen LogP contribution in [0, 0.1) is 6.92 Å². The number of carbonyl (C=O) groups excluding carboxylic acids is 1. The number of amides is 1. The molecule has 0 radical (unpaired) electrons. The van der Waals surface area contributed by atoms with E-state index in [9.17, 15) is 4.79 Å². The van der Waals surface area contributed by atoms with Crippen LogP contribution in [-0.4, -0.2) is 36.0 Å². The van der Waals surface area contributed by atoms with Gasteiger partial charge in [-0.25, -0.2) is 0 Å². The summed E-state index contributed by atoms with van der Waals surface area (Å²) in [6, 6.07) is 13.9. The van der Waals surface area contributed by atoms with E-state index < -0.39 is 0 Å². The highest BCUT2D eigenvalue weighted by Crippen LogP contribution is 2.27. The van der Waals surface area contributed by atoms with Crippen molar-refractivity contribution < 1.29 is 9.53 Å². The molecule has 2 aromatic carbocycles. The van der Waals surface area contributed by atoms with Crippen molar-refractivity contribution in [2.75, 3.05) is 20.2 Å². The molecule has 1 aliphatic heterocycles. The Bertz CT molecular complexity index is 942. The fourth-order valence-electron chi connectivity index (χ4n) is 3.66. The van der Waals surface area contributed by atoms with E-state index in [0.29, 0.717) is 11.3 Å². The predicted octanol–water partition coefficient (Wildman–Crippen LogP) is 3.73. The van der Waals surface area contributed by atoms with Crippen LogP contribution in [0.15, 0.2) is 42.5 Å². The number of H-pyrrole nitrogens is 1. The van der Waals surface area contributed by atoms with E-state index in [-0.39, 0.29) is 5.91 Å². The number of nitrogens with zero attached hydrogens (tertiary/aromatic N) is 1. The zero-order valence-electron chi connectivity index (χ0n) is 14.6. The molecule has 0 bridgehead atoms. The van der Waals surface area contributed by atoms with Gasteiger partial charge < -0.3 is 14.6 Å². The molecule has 1 amide bonds. The van der Waals surface area contributed by atoms with Crippen LogP contribution in [0.3, 0.4) is 0 Å². The zero-order valence-corrected chi connectivity index (χ0v) is 14.6. The fraction of sp³-hybridized carbons (Fsp3) is 0.286. The third-order valence-corrected chi connectivity index (χ3v) is 5.02. The number of fused-ring (bicyclic) bond motifs is 3. The minimum Gasteiger partial charge on any atom is -0.497 e. The fourth-order valence-corrected chi connectivity index (χ4v) is 3.66. The Balaban J connectivity index is 1.59. The topological polar surface area (TPSA) is 45.3 Å². The highest BCUT2D eigenvalue weighted by atomic mass is 16.5. The van der Waals surface area contributed by atoms with Gasteiger partial charge in [-0.15, -0.1) is 0 Å². The molecule has 0 spiro atoms. The summed E-state index contributed by atoms with van der Waals surface area (Å²) >= 11 is 0. The first-order chi connectivity index (χ1) is 12.2.